The highest BCUT2D eigenvalue weighted by atomic mass is 16.2. The zero-order chi connectivity index (χ0) is 14.7. The van der Waals surface area contributed by atoms with Crippen molar-refractivity contribution >= 4 is 5.91 Å². The van der Waals surface area contributed by atoms with Crippen molar-refractivity contribution < 1.29 is 4.79 Å². The van der Waals surface area contributed by atoms with Crippen LogP contribution in [0.5, 0.6) is 0 Å². The van der Waals surface area contributed by atoms with Crippen LogP contribution < -0.4 is 5.32 Å². The summed E-state index contributed by atoms with van der Waals surface area (Å²) in [5.41, 5.74) is 0. The van der Waals surface area contributed by atoms with Crippen molar-refractivity contribution in [1.82, 2.24) is 15.1 Å². The van der Waals surface area contributed by atoms with Crippen LogP contribution in [0, 0.1) is 11.8 Å². The summed E-state index contributed by atoms with van der Waals surface area (Å²) in [5, 5.41) is 3.50. The molecule has 2 atom stereocenters. The summed E-state index contributed by atoms with van der Waals surface area (Å²) in [4.78, 5) is 17.3. The third-order valence-electron chi connectivity index (χ3n) is 5.82. The predicted octanol–water partition coefficient (Wildman–Crippen LogP) is 1.71. The monoisotopic (exact) mass is 293 g/mol. The fourth-order valence-corrected chi connectivity index (χ4v) is 4.57. The Morgan fingerprint density at radius 3 is 2.67 bits per heavy atom. The minimum atomic E-state index is 0.369. The molecule has 4 heteroatoms. The Balaban J connectivity index is 1.52. The Kier molecular flexibility index (Phi) is 5.17. The predicted molar refractivity (Wildman–Crippen MR) is 85.2 cm³/mol. The number of rotatable bonds is 4. The van der Waals surface area contributed by atoms with Crippen LogP contribution in [0.25, 0.3) is 0 Å². The lowest BCUT2D eigenvalue weighted by Gasteiger charge is -2.38. The van der Waals surface area contributed by atoms with Crippen LogP contribution in [0.4, 0.5) is 0 Å². The maximum absolute atomic E-state index is 12.7. The van der Waals surface area contributed by atoms with E-state index in [0.717, 1.165) is 38.0 Å². The third kappa shape index (κ3) is 3.59. The van der Waals surface area contributed by atoms with Gasteiger partial charge in [-0.25, -0.2) is 0 Å². The minimum Gasteiger partial charge on any atom is -0.339 e. The molecule has 0 bridgehead atoms. The molecule has 0 radical (unpaired) electrons. The van der Waals surface area contributed by atoms with Gasteiger partial charge < -0.3 is 10.2 Å². The molecule has 120 valence electrons. The molecular formula is C17H31N3O. The molecule has 1 amide bonds. The fourth-order valence-electron chi connectivity index (χ4n) is 4.57. The number of fused-ring (bicyclic) bond motifs is 1. The zero-order valence-corrected chi connectivity index (χ0v) is 13.5. The average molecular weight is 293 g/mol. The summed E-state index contributed by atoms with van der Waals surface area (Å²) in [5.74, 6) is 2.00. The molecule has 3 fully saturated rings. The SMILES string of the molecule is CCN(C(=O)CN1CCC2CNCC2C1)C1CCCCC1. The molecule has 0 aromatic carbocycles. The first-order valence-corrected chi connectivity index (χ1v) is 9.00. The summed E-state index contributed by atoms with van der Waals surface area (Å²) in [6.07, 6.45) is 7.65. The molecule has 1 N–H and O–H groups in total. The molecule has 21 heavy (non-hydrogen) atoms. The molecule has 3 rings (SSSR count). The Morgan fingerprint density at radius 1 is 1.14 bits per heavy atom. The van der Waals surface area contributed by atoms with Gasteiger partial charge in [0.15, 0.2) is 0 Å². The van der Waals surface area contributed by atoms with E-state index in [4.69, 9.17) is 0 Å². The number of carbonyl (C=O) groups is 1. The van der Waals surface area contributed by atoms with E-state index in [-0.39, 0.29) is 0 Å². The molecular weight excluding hydrogens is 262 g/mol. The van der Waals surface area contributed by atoms with Crippen LogP contribution >= 0.6 is 0 Å². The van der Waals surface area contributed by atoms with Crippen molar-refractivity contribution in [2.45, 2.75) is 51.5 Å². The molecule has 2 heterocycles. The van der Waals surface area contributed by atoms with Gasteiger partial charge in [0.05, 0.1) is 6.54 Å². The van der Waals surface area contributed by atoms with Crippen LogP contribution in [-0.4, -0.2) is 61.0 Å². The topological polar surface area (TPSA) is 35.6 Å². The van der Waals surface area contributed by atoms with Crippen molar-refractivity contribution in [3.05, 3.63) is 0 Å². The van der Waals surface area contributed by atoms with Gasteiger partial charge in [-0.3, -0.25) is 9.69 Å². The molecule has 1 saturated carbocycles. The molecule has 4 nitrogen and oxygen atoms in total. The maximum atomic E-state index is 12.7. The Bertz CT molecular complexity index is 354. The van der Waals surface area contributed by atoms with E-state index in [9.17, 15) is 4.79 Å². The van der Waals surface area contributed by atoms with Gasteiger partial charge in [-0.15, -0.1) is 0 Å². The number of likely N-dealkylation sites (N-methyl/N-ethyl adjacent to an activating group) is 1. The summed E-state index contributed by atoms with van der Waals surface area (Å²) >= 11 is 0. The van der Waals surface area contributed by atoms with Gasteiger partial charge >= 0.3 is 0 Å². The number of piperidine rings is 1. The van der Waals surface area contributed by atoms with E-state index in [0.29, 0.717) is 18.5 Å². The maximum Gasteiger partial charge on any atom is 0.236 e. The molecule has 2 aliphatic heterocycles. The van der Waals surface area contributed by atoms with E-state index in [1.54, 1.807) is 0 Å². The highest BCUT2D eigenvalue weighted by Crippen LogP contribution is 2.27. The first kappa shape index (κ1) is 15.3. The van der Waals surface area contributed by atoms with Crippen molar-refractivity contribution in [3.63, 3.8) is 0 Å². The Labute approximate surface area is 129 Å². The first-order chi connectivity index (χ1) is 10.3. The molecule has 0 spiro atoms. The van der Waals surface area contributed by atoms with Gasteiger partial charge in [-0.1, -0.05) is 19.3 Å². The van der Waals surface area contributed by atoms with E-state index in [1.807, 2.05) is 0 Å². The lowest BCUT2D eigenvalue weighted by molar-refractivity contribution is -0.135. The number of hydrogen-bond donors (Lipinski definition) is 1. The number of nitrogens with one attached hydrogen (secondary N) is 1. The Morgan fingerprint density at radius 2 is 1.90 bits per heavy atom. The lowest BCUT2D eigenvalue weighted by Crippen LogP contribution is -2.49. The van der Waals surface area contributed by atoms with Crippen LogP contribution in [0.1, 0.15) is 45.4 Å². The highest BCUT2D eigenvalue weighted by Gasteiger charge is 2.34. The minimum absolute atomic E-state index is 0.369. The summed E-state index contributed by atoms with van der Waals surface area (Å²) in [6.45, 7) is 8.23. The number of amides is 1. The van der Waals surface area contributed by atoms with Gasteiger partial charge in [0.1, 0.15) is 0 Å². The molecule has 0 aromatic heterocycles. The second kappa shape index (κ2) is 7.10. The number of likely N-dealkylation sites (tertiary alicyclic amines) is 1. The van der Waals surface area contributed by atoms with Crippen molar-refractivity contribution in [1.29, 1.82) is 0 Å². The first-order valence-electron chi connectivity index (χ1n) is 9.00. The molecule has 2 saturated heterocycles. The molecule has 3 aliphatic rings. The van der Waals surface area contributed by atoms with E-state index < -0.39 is 0 Å². The third-order valence-corrected chi connectivity index (χ3v) is 5.82. The van der Waals surface area contributed by atoms with Crippen LogP contribution in [-0.2, 0) is 4.79 Å². The smallest absolute Gasteiger partial charge is 0.236 e. The second-order valence-corrected chi connectivity index (χ2v) is 7.17. The molecule has 0 aromatic rings. The lowest BCUT2D eigenvalue weighted by atomic mass is 9.88. The molecule has 2 unspecified atom stereocenters. The summed E-state index contributed by atoms with van der Waals surface area (Å²) < 4.78 is 0. The van der Waals surface area contributed by atoms with Gasteiger partial charge in [-0.05, 0) is 57.7 Å². The van der Waals surface area contributed by atoms with Gasteiger partial charge in [0.2, 0.25) is 5.91 Å². The van der Waals surface area contributed by atoms with Crippen molar-refractivity contribution in [2.24, 2.45) is 11.8 Å². The van der Waals surface area contributed by atoms with E-state index in [1.165, 1.54) is 45.1 Å². The zero-order valence-electron chi connectivity index (χ0n) is 13.5. The van der Waals surface area contributed by atoms with Gasteiger partial charge in [0, 0.05) is 19.1 Å². The normalized spacial score (nSPS) is 31.1. The number of hydrogen-bond acceptors (Lipinski definition) is 3. The standard InChI is InChI=1S/C17H31N3O/c1-2-20(16-6-4-3-5-7-16)17(21)13-19-9-8-14-10-18-11-15(14)12-19/h14-16,18H,2-13H2,1H3. The van der Waals surface area contributed by atoms with Crippen LogP contribution in [0.15, 0.2) is 0 Å². The van der Waals surface area contributed by atoms with Gasteiger partial charge in [0.25, 0.3) is 0 Å². The largest absolute Gasteiger partial charge is 0.339 e. The number of nitrogens with zero attached hydrogens (tertiary/aromatic N) is 2. The van der Waals surface area contributed by atoms with E-state index in [2.05, 4.69) is 22.0 Å². The Hall–Kier alpha value is -0.610. The number of carbonyl (C=O) groups excluding carboxylic acids is 1. The highest BCUT2D eigenvalue weighted by molar-refractivity contribution is 5.78. The quantitative estimate of drug-likeness (QED) is 0.857. The fraction of sp³-hybridized carbons (Fsp3) is 0.941. The van der Waals surface area contributed by atoms with Crippen LogP contribution in [0.3, 0.4) is 0 Å². The van der Waals surface area contributed by atoms with Crippen molar-refractivity contribution in [2.75, 3.05) is 39.3 Å². The molecule has 1 aliphatic carbocycles. The van der Waals surface area contributed by atoms with Crippen molar-refractivity contribution in [3.8, 4) is 0 Å². The second-order valence-electron chi connectivity index (χ2n) is 7.17. The summed E-state index contributed by atoms with van der Waals surface area (Å²) in [6, 6.07) is 0.516. The van der Waals surface area contributed by atoms with E-state index >= 15 is 0 Å². The van der Waals surface area contributed by atoms with Crippen LogP contribution in [0.2, 0.25) is 0 Å². The average Bonchev–Trinajstić information content (AvgIpc) is 2.96. The van der Waals surface area contributed by atoms with Gasteiger partial charge in [-0.2, -0.15) is 0 Å². The summed E-state index contributed by atoms with van der Waals surface area (Å²) in [7, 11) is 0.